The first kappa shape index (κ1) is 17.8. The smallest absolute Gasteiger partial charge is 0.317 e. The van der Waals surface area contributed by atoms with E-state index in [1.54, 1.807) is 0 Å². The molecule has 0 radical (unpaired) electrons. The minimum absolute atomic E-state index is 0.0442. The Balaban J connectivity index is 1.20. The summed E-state index contributed by atoms with van der Waals surface area (Å²) >= 11 is 0. The van der Waals surface area contributed by atoms with E-state index in [2.05, 4.69) is 50.7 Å². The van der Waals surface area contributed by atoms with E-state index >= 15 is 0 Å². The molecule has 1 aromatic carbocycles. The van der Waals surface area contributed by atoms with Gasteiger partial charge in [-0.2, -0.15) is 5.10 Å². The highest BCUT2D eigenvalue weighted by Gasteiger charge is 2.23. The van der Waals surface area contributed by atoms with Crippen LogP contribution in [0.2, 0.25) is 0 Å². The van der Waals surface area contributed by atoms with Crippen molar-refractivity contribution in [2.45, 2.75) is 32.1 Å². The van der Waals surface area contributed by atoms with Gasteiger partial charge in [0, 0.05) is 32.7 Å². The van der Waals surface area contributed by atoms with Gasteiger partial charge < -0.3 is 15.1 Å². The monoisotopic (exact) mass is 365 g/mol. The minimum Gasteiger partial charge on any atom is -0.352 e. The summed E-state index contributed by atoms with van der Waals surface area (Å²) in [6.45, 7) is 3.78. The molecule has 2 heterocycles. The lowest BCUT2D eigenvalue weighted by molar-refractivity contribution is 0.194. The van der Waals surface area contributed by atoms with Crippen LogP contribution in [0.1, 0.15) is 29.7 Å². The highest BCUT2D eigenvalue weighted by molar-refractivity contribution is 5.74. The van der Waals surface area contributed by atoms with Gasteiger partial charge in [0.05, 0.1) is 5.69 Å². The third kappa shape index (κ3) is 4.38. The first-order valence-corrected chi connectivity index (χ1v) is 9.97. The topological polar surface area (TPSA) is 61.4 Å². The van der Waals surface area contributed by atoms with Gasteiger partial charge in [-0.25, -0.2) is 4.79 Å². The van der Waals surface area contributed by atoms with Crippen LogP contribution in [-0.2, 0) is 19.3 Å². The molecule has 2 aliphatic rings. The number of rotatable bonds is 5. The Morgan fingerprint density at radius 2 is 1.85 bits per heavy atom. The predicted molar refractivity (Wildman–Crippen MR) is 106 cm³/mol. The number of fused-ring (bicyclic) bond motifs is 1. The maximum atomic E-state index is 12.4. The number of urea groups is 1. The van der Waals surface area contributed by atoms with Gasteiger partial charge in [0.2, 0.25) is 0 Å². The summed E-state index contributed by atoms with van der Waals surface area (Å²) in [4.78, 5) is 16.5. The Kier molecular flexibility index (Phi) is 5.51. The van der Waals surface area contributed by atoms with Gasteiger partial charge in [-0.1, -0.05) is 30.3 Å². The molecule has 1 saturated heterocycles. The second-order valence-corrected chi connectivity index (χ2v) is 7.32. The standard InChI is InChI=1S/C21H27N5O/c27-21(22-11-5-8-17-6-2-1-3-7-17)26-14-12-25(13-15-26)20-16-18-9-4-10-19(18)23-24-20/h1-3,6-7,16H,4-5,8-15H2,(H,22,27). The fourth-order valence-corrected chi connectivity index (χ4v) is 3.85. The maximum Gasteiger partial charge on any atom is 0.317 e. The number of nitrogens with one attached hydrogen (secondary N) is 1. The third-order valence-corrected chi connectivity index (χ3v) is 5.46. The second kappa shape index (κ2) is 8.37. The van der Waals surface area contributed by atoms with Crippen LogP contribution in [0.4, 0.5) is 10.6 Å². The van der Waals surface area contributed by atoms with Crippen molar-refractivity contribution in [2.75, 3.05) is 37.6 Å². The van der Waals surface area contributed by atoms with Crippen molar-refractivity contribution < 1.29 is 4.79 Å². The molecule has 142 valence electrons. The number of aromatic nitrogens is 2. The van der Waals surface area contributed by atoms with Crippen LogP contribution in [0, 0.1) is 0 Å². The van der Waals surface area contributed by atoms with Gasteiger partial charge in [-0.05, 0) is 49.3 Å². The molecule has 1 fully saturated rings. The van der Waals surface area contributed by atoms with Gasteiger partial charge in [0.1, 0.15) is 0 Å². The number of anilines is 1. The van der Waals surface area contributed by atoms with Crippen molar-refractivity contribution >= 4 is 11.8 Å². The molecule has 1 aliphatic heterocycles. The molecular formula is C21H27N5O. The largest absolute Gasteiger partial charge is 0.352 e. The molecule has 0 bridgehead atoms. The minimum atomic E-state index is 0.0442. The lowest BCUT2D eigenvalue weighted by atomic mass is 10.1. The van der Waals surface area contributed by atoms with E-state index in [0.717, 1.165) is 63.4 Å². The number of hydrogen-bond donors (Lipinski definition) is 1. The van der Waals surface area contributed by atoms with Gasteiger partial charge in [-0.3, -0.25) is 0 Å². The summed E-state index contributed by atoms with van der Waals surface area (Å²) in [6.07, 6.45) is 5.31. The van der Waals surface area contributed by atoms with Gasteiger partial charge >= 0.3 is 6.03 Å². The van der Waals surface area contributed by atoms with E-state index < -0.39 is 0 Å². The van der Waals surface area contributed by atoms with Crippen molar-refractivity contribution in [2.24, 2.45) is 0 Å². The van der Waals surface area contributed by atoms with Crippen molar-refractivity contribution in [3.63, 3.8) is 0 Å². The summed E-state index contributed by atoms with van der Waals surface area (Å²) < 4.78 is 0. The lowest BCUT2D eigenvalue weighted by Crippen LogP contribution is -2.52. The Labute approximate surface area is 160 Å². The van der Waals surface area contributed by atoms with Crippen molar-refractivity contribution in [1.29, 1.82) is 0 Å². The second-order valence-electron chi connectivity index (χ2n) is 7.32. The molecule has 0 saturated carbocycles. The molecule has 0 atom stereocenters. The van der Waals surface area contributed by atoms with Crippen LogP contribution in [0.15, 0.2) is 36.4 Å². The molecule has 6 heteroatoms. The van der Waals surface area contributed by atoms with Crippen molar-refractivity contribution in [3.05, 3.63) is 53.2 Å². The highest BCUT2D eigenvalue weighted by atomic mass is 16.2. The van der Waals surface area contributed by atoms with Crippen LogP contribution >= 0.6 is 0 Å². The summed E-state index contributed by atoms with van der Waals surface area (Å²) in [6, 6.07) is 12.6. The summed E-state index contributed by atoms with van der Waals surface area (Å²) in [5, 5.41) is 11.8. The fraction of sp³-hybridized carbons (Fsp3) is 0.476. The van der Waals surface area contributed by atoms with Crippen LogP contribution in [0.5, 0.6) is 0 Å². The van der Waals surface area contributed by atoms with E-state index in [4.69, 9.17) is 0 Å². The Bertz CT molecular complexity index is 771. The van der Waals surface area contributed by atoms with E-state index in [-0.39, 0.29) is 6.03 Å². The normalized spacial score (nSPS) is 16.3. The number of carbonyl (C=O) groups excluding carboxylic acids is 1. The van der Waals surface area contributed by atoms with E-state index in [1.807, 2.05) is 11.0 Å². The average Bonchev–Trinajstić information content (AvgIpc) is 3.20. The number of piperazine rings is 1. The summed E-state index contributed by atoms with van der Waals surface area (Å²) in [7, 11) is 0. The summed E-state index contributed by atoms with van der Waals surface area (Å²) in [5.74, 6) is 0.957. The molecule has 0 unspecified atom stereocenters. The van der Waals surface area contributed by atoms with Gasteiger partial charge in [0.15, 0.2) is 5.82 Å². The Morgan fingerprint density at radius 3 is 2.67 bits per heavy atom. The molecule has 0 spiro atoms. The molecule has 4 rings (SSSR count). The van der Waals surface area contributed by atoms with E-state index in [9.17, 15) is 4.79 Å². The molecule has 2 aromatic rings. The number of benzene rings is 1. The zero-order chi connectivity index (χ0) is 18.5. The van der Waals surface area contributed by atoms with Crippen LogP contribution in [-0.4, -0.2) is 53.9 Å². The number of aryl methyl sites for hydroxylation is 3. The van der Waals surface area contributed by atoms with Crippen LogP contribution in [0.25, 0.3) is 0 Å². The first-order valence-electron chi connectivity index (χ1n) is 9.97. The molecule has 1 N–H and O–H groups in total. The molecular weight excluding hydrogens is 338 g/mol. The zero-order valence-corrected chi connectivity index (χ0v) is 15.7. The van der Waals surface area contributed by atoms with Crippen LogP contribution < -0.4 is 10.2 Å². The average molecular weight is 365 g/mol. The molecule has 1 aliphatic carbocycles. The Hall–Kier alpha value is -2.63. The summed E-state index contributed by atoms with van der Waals surface area (Å²) in [5.41, 5.74) is 3.82. The number of nitrogens with zero attached hydrogens (tertiary/aromatic N) is 4. The molecule has 27 heavy (non-hydrogen) atoms. The zero-order valence-electron chi connectivity index (χ0n) is 15.7. The Morgan fingerprint density at radius 1 is 1.04 bits per heavy atom. The van der Waals surface area contributed by atoms with Crippen LogP contribution in [0.3, 0.4) is 0 Å². The molecule has 2 amide bonds. The van der Waals surface area contributed by atoms with Crippen molar-refractivity contribution in [1.82, 2.24) is 20.4 Å². The van der Waals surface area contributed by atoms with E-state index in [1.165, 1.54) is 17.5 Å². The molecule has 6 nitrogen and oxygen atoms in total. The maximum absolute atomic E-state index is 12.4. The lowest BCUT2D eigenvalue weighted by Gasteiger charge is -2.35. The highest BCUT2D eigenvalue weighted by Crippen LogP contribution is 2.23. The van der Waals surface area contributed by atoms with Gasteiger partial charge in [0.25, 0.3) is 0 Å². The fourth-order valence-electron chi connectivity index (χ4n) is 3.85. The van der Waals surface area contributed by atoms with Gasteiger partial charge in [-0.15, -0.1) is 5.10 Å². The van der Waals surface area contributed by atoms with Crippen molar-refractivity contribution in [3.8, 4) is 0 Å². The van der Waals surface area contributed by atoms with E-state index in [0.29, 0.717) is 6.54 Å². The quantitative estimate of drug-likeness (QED) is 0.827. The number of carbonyl (C=O) groups is 1. The first-order chi connectivity index (χ1) is 13.3. The SMILES string of the molecule is O=C(NCCCc1ccccc1)N1CCN(c2cc3c(nn2)CCC3)CC1. The third-order valence-electron chi connectivity index (χ3n) is 5.46. The number of hydrogen-bond acceptors (Lipinski definition) is 4. The molecule has 1 aromatic heterocycles. The number of amides is 2. The predicted octanol–water partition coefficient (Wildman–Crippen LogP) is 2.43.